The summed E-state index contributed by atoms with van der Waals surface area (Å²) in [5.41, 5.74) is 0.735. The van der Waals surface area contributed by atoms with E-state index in [1.807, 2.05) is 11.0 Å². The van der Waals surface area contributed by atoms with Crippen LogP contribution in [0.15, 0.2) is 24.3 Å². The molecule has 1 heterocycles. The van der Waals surface area contributed by atoms with Crippen molar-refractivity contribution in [1.82, 2.24) is 0 Å². The fourth-order valence-corrected chi connectivity index (χ4v) is 3.13. The summed E-state index contributed by atoms with van der Waals surface area (Å²) < 4.78 is 28.0. The van der Waals surface area contributed by atoms with Crippen LogP contribution in [0.2, 0.25) is 0 Å². The molecule has 1 N–H and O–H groups in total. The van der Waals surface area contributed by atoms with Crippen LogP contribution in [0, 0.1) is 0 Å². The largest absolute Gasteiger partial charge is 0.480 e. The van der Waals surface area contributed by atoms with Crippen molar-refractivity contribution in [3.63, 3.8) is 0 Å². The summed E-state index contributed by atoms with van der Waals surface area (Å²) in [4.78, 5) is 12.4. The zero-order chi connectivity index (χ0) is 13.9. The molecule has 1 saturated heterocycles. The van der Waals surface area contributed by atoms with Crippen LogP contribution in [-0.4, -0.2) is 50.7 Å². The molecule has 1 aromatic rings. The number of ether oxygens (including phenoxy) is 1. The highest BCUT2D eigenvalue weighted by atomic mass is 32.2. The molecule has 2 rings (SSSR count). The molecule has 1 aromatic carbocycles. The van der Waals surface area contributed by atoms with Crippen molar-refractivity contribution in [2.75, 3.05) is 36.1 Å². The van der Waals surface area contributed by atoms with E-state index in [0.717, 1.165) is 5.69 Å². The van der Waals surface area contributed by atoms with Crippen molar-refractivity contribution < 1.29 is 23.1 Å². The summed E-state index contributed by atoms with van der Waals surface area (Å²) in [5, 5.41) is 8.63. The molecule has 0 bridgehead atoms. The summed E-state index contributed by atoms with van der Waals surface area (Å²) >= 11 is 0. The predicted molar refractivity (Wildman–Crippen MR) is 70.4 cm³/mol. The van der Waals surface area contributed by atoms with Gasteiger partial charge in [-0.2, -0.15) is 0 Å². The van der Waals surface area contributed by atoms with Crippen LogP contribution in [0.3, 0.4) is 0 Å². The second kappa shape index (κ2) is 5.48. The SMILES string of the molecule is O=C(O)COc1ccccc1N1CCS(=O)(=O)CC1. The number of nitrogens with zero attached hydrogens (tertiary/aromatic N) is 1. The quantitative estimate of drug-likeness (QED) is 0.861. The maximum absolute atomic E-state index is 11.4. The van der Waals surface area contributed by atoms with Gasteiger partial charge in [0.05, 0.1) is 17.2 Å². The van der Waals surface area contributed by atoms with Crippen molar-refractivity contribution in [3.05, 3.63) is 24.3 Å². The van der Waals surface area contributed by atoms with E-state index in [-0.39, 0.29) is 11.5 Å². The highest BCUT2D eigenvalue weighted by Crippen LogP contribution is 2.29. The van der Waals surface area contributed by atoms with Gasteiger partial charge in [-0.25, -0.2) is 13.2 Å². The van der Waals surface area contributed by atoms with Crippen LogP contribution in [0.4, 0.5) is 5.69 Å². The number of sulfone groups is 1. The van der Waals surface area contributed by atoms with Crippen LogP contribution in [-0.2, 0) is 14.6 Å². The highest BCUT2D eigenvalue weighted by molar-refractivity contribution is 7.91. The number of carboxylic acid groups (broad SMARTS) is 1. The van der Waals surface area contributed by atoms with Crippen molar-refractivity contribution in [2.45, 2.75) is 0 Å². The van der Waals surface area contributed by atoms with Gasteiger partial charge >= 0.3 is 5.97 Å². The Morgan fingerprint density at radius 2 is 1.89 bits per heavy atom. The van der Waals surface area contributed by atoms with Gasteiger partial charge in [-0.05, 0) is 12.1 Å². The average molecular weight is 285 g/mol. The van der Waals surface area contributed by atoms with Gasteiger partial charge < -0.3 is 14.7 Å². The summed E-state index contributed by atoms with van der Waals surface area (Å²) in [5.74, 6) is -0.360. The Bertz CT molecular complexity index is 555. The van der Waals surface area contributed by atoms with Gasteiger partial charge in [-0.1, -0.05) is 12.1 Å². The molecule has 1 aliphatic rings. The Kier molecular flexibility index (Phi) is 3.94. The molecule has 0 amide bonds. The fourth-order valence-electron chi connectivity index (χ4n) is 1.93. The van der Waals surface area contributed by atoms with Crippen LogP contribution in [0.1, 0.15) is 0 Å². The van der Waals surface area contributed by atoms with E-state index in [9.17, 15) is 13.2 Å². The fraction of sp³-hybridized carbons (Fsp3) is 0.417. The lowest BCUT2D eigenvalue weighted by Crippen LogP contribution is -2.40. The number of carbonyl (C=O) groups is 1. The van der Waals surface area contributed by atoms with Gasteiger partial charge in [0.15, 0.2) is 16.4 Å². The summed E-state index contributed by atoms with van der Waals surface area (Å²) in [6.07, 6.45) is 0. The smallest absolute Gasteiger partial charge is 0.341 e. The summed E-state index contributed by atoms with van der Waals surface area (Å²) in [6.45, 7) is 0.384. The molecule has 0 spiro atoms. The number of hydrogen-bond donors (Lipinski definition) is 1. The molecule has 0 aromatic heterocycles. The van der Waals surface area contributed by atoms with E-state index >= 15 is 0 Å². The normalized spacial score (nSPS) is 18.0. The molecule has 1 fully saturated rings. The number of carboxylic acids is 1. The minimum absolute atomic E-state index is 0.111. The van der Waals surface area contributed by atoms with Crippen molar-refractivity contribution in [2.24, 2.45) is 0 Å². The van der Waals surface area contributed by atoms with Gasteiger partial charge in [0.1, 0.15) is 5.75 Å². The van der Waals surface area contributed by atoms with Crippen LogP contribution >= 0.6 is 0 Å². The molecule has 0 unspecified atom stereocenters. The third-order valence-electron chi connectivity index (χ3n) is 2.90. The number of benzene rings is 1. The van der Waals surface area contributed by atoms with Gasteiger partial charge in [0, 0.05) is 13.1 Å². The number of para-hydroxylation sites is 2. The van der Waals surface area contributed by atoms with Crippen LogP contribution in [0.5, 0.6) is 5.75 Å². The lowest BCUT2D eigenvalue weighted by molar-refractivity contribution is -0.139. The van der Waals surface area contributed by atoms with E-state index in [1.165, 1.54) is 0 Å². The Hall–Kier alpha value is -1.76. The van der Waals surface area contributed by atoms with E-state index < -0.39 is 22.4 Å². The monoisotopic (exact) mass is 285 g/mol. The zero-order valence-electron chi connectivity index (χ0n) is 10.3. The predicted octanol–water partition coefficient (Wildman–Crippen LogP) is 0.385. The van der Waals surface area contributed by atoms with Crippen molar-refractivity contribution in [3.8, 4) is 5.75 Å². The molecular weight excluding hydrogens is 270 g/mol. The standard InChI is InChI=1S/C12H15NO5S/c14-12(15)9-18-11-4-2-1-3-10(11)13-5-7-19(16,17)8-6-13/h1-4H,5-9H2,(H,14,15). The minimum Gasteiger partial charge on any atom is -0.480 e. The third-order valence-corrected chi connectivity index (χ3v) is 4.51. The molecule has 6 nitrogen and oxygen atoms in total. The molecule has 1 aliphatic heterocycles. The Morgan fingerprint density at radius 1 is 1.26 bits per heavy atom. The van der Waals surface area contributed by atoms with Crippen LogP contribution < -0.4 is 9.64 Å². The van der Waals surface area contributed by atoms with Crippen LogP contribution in [0.25, 0.3) is 0 Å². The van der Waals surface area contributed by atoms with Crippen molar-refractivity contribution in [1.29, 1.82) is 0 Å². The maximum Gasteiger partial charge on any atom is 0.341 e. The lowest BCUT2D eigenvalue weighted by atomic mass is 10.2. The lowest BCUT2D eigenvalue weighted by Gasteiger charge is -2.30. The number of hydrogen-bond acceptors (Lipinski definition) is 5. The molecule has 0 atom stereocenters. The third kappa shape index (κ3) is 3.60. The number of aliphatic carboxylic acids is 1. The van der Waals surface area contributed by atoms with Gasteiger partial charge in [0.25, 0.3) is 0 Å². The summed E-state index contributed by atoms with van der Waals surface area (Å²) in [6, 6.07) is 7.05. The van der Waals surface area contributed by atoms with E-state index in [0.29, 0.717) is 18.8 Å². The van der Waals surface area contributed by atoms with Gasteiger partial charge in [0.2, 0.25) is 0 Å². The zero-order valence-corrected chi connectivity index (χ0v) is 11.1. The molecule has 0 saturated carbocycles. The van der Waals surface area contributed by atoms with E-state index in [1.54, 1.807) is 18.2 Å². The molecule has 7 heteroatoms. The second-order valence-corrected chi connectivity index (χ2v) is 6.59. The number of anilines is 1. The van der Waals surface area contributed by atoms with E-state index in [2.05, 4.69) is 0 Å². The van der Waals surface area contributed by atoms with E-state index in [4.69, 9.17) is 9.84 Å². The minimum atomic E-state index is -2.94. The molecule has 0 aliphatic carbocycles. The van der Waals surface area contributed by atoms with Crippen molar-refractivity contribution >= 4 is 21.5 Å². The Labute approximate surface area is 111 Å². The topological polar surface area (TPSA) is 83.9 Å². The first-order chi connectivity index (χ1) is 8.98. The molecule has 104 valence electrons. The first kappa shape index (κ1) is 13.7. The van der Waals surface area contributed by atoms with Gasteiger partial charge in [-0.15, -0.1) is 0 Å². The molecule has 19 heavy (non-hydrogen) atoms. The van der Waals surface area contributed by atoms with Gasteiger partial charge in [-0.3, -0.25) is 0 Å². The summed E-state index contributed by atoms with van der Waals surface area (Å²) in [7, 11) is -2.94. The first-order valence-corrected chi connectivity index (χ1v) is 7.69. The molecule has 0 radical (unpaired) electrons. The maximum atomic E-state index is 11.4. The highest BCUT2D eigenvalue weighted by Gasteiger charge is 2.23. The average Bonchev–Trinajstić information content (AvgIpc) is 2.37. The Morgan fingerprint density at radius 3 is 2.53 bits per heavy atom. The molecular formula is C12H15NO5S. The number of rotatable bonds is 4. The second-order valence-electron chi connectivity index (χ2n) is 4.29. The first-order valence-electron chi connectivity index (χ1n) is 5.87. The Balaban J connectivity index is 2.13.